The van der Waals surface area contributed by atoms with Crippen molar-refractivity contribution < 1.29 is 14.3 Å². The number of morpholine rings is 1. The number of rotatable bonds is 5. The van der Waals surface area contributed by atoms with Crippen LogP contribution in [0.2, 0.25) is 0 Å². The average Bonchev–Trinajstić information content (AvgIpc) is 2.20. The van der Waals surface area contributed by atoms with Crippen molar-refractivity contribution in [1.82, 2.24) is 10.2 Å². The summed E-state index contributed by atoms with van der Waals surface area (Å²) >= 11 is 0. The highest BCUT2D eigenvalue weighted by Crippen LogP contribution is 1.94. The maximum absolute atomic E-state index is 11.0. The summed E-state index contributed by atoms with van der Waals surface area (Å²) < 4.78 is 9.92. The number of amides is 1. The fraction of sp³-hybridized carbons (Fsp3) is 0.889. The Bertz CT molecular complexity index is 169. The van der Waals surface area contributed by atoms with E-state index in [0.717, 1.165) is 32.8 Å². The molecule has 0 unspecified atom stereocenters. The van der Waals surface area contributed by atoms with E-state index in [2.05, 4.69) is 10.2 Å². The number of hydrogen-bond acceptors (Lipinski definition) is 4. The fourth-order valence-corrected chi connectivity index (χ4v) is 1.36. The monoisotopic (exact) mass is 202 g/mol. The van der Waals surface area contributed by atoms with E-state index in [4.69, 9.17) is 9.47 Å². The third-order valence-electron chi connectivity index (χ3n) is 2.13. The van der Waals surface area contributed by atoms with Crippen LogP contribution in [0.15, 0.2) is 0 Å². The second kappa shape index (κ2) is 6.75. The molecule has 1 heterocycles. The molecule has 1 saturated heterocycles. The molecule has 0 saturated carbocycles. The Morgan fingerprint density at radius 1 is 1.50 bits per heavy atom. The van der Waals surface area contributed by atoms with E-state index in [-0.39, 0.29) is 12.5 Å². The molecule has 0 aromatic rings. The molecule has 0 aromatic heterocycles. The topological polar surface area (TPSA) is 50.8 Å². The van der Waals surface area contributed by atoms with Gasteiger partial charge in [-0.1, -0.05) is 0 Å². The summed E-state index contributed by atoms with van der Waals surface area (Å²) in [6.07, 6.45) is 0. The van der Waals surface area contributed by atoms with E-state index in [9.17, 15) is 4.79 Å². The predicted molar refractivity (Wildman–Crippen MR) is 52.1 cm³/mol. The highest BCUT2D eigenvalue weighted by molar-refractivity contribution is 5.77. The van der Waals surface area contributed by atoms with Gasteiger partial charge in [0.15, 0.2) is 0 Å². The SMILES string of the molecule is COCC(=O)NCCN1CCOCC1. The molecule has 5 heteroatoms. The first-order valence-electron chi connectivity index (χ1n) is 4.88. The van der Waals surface area contributed by atoms with Crippen LogP contribution >= 0.6 is 0 Å². The van der Waals surface area contributed by atoms with Gasteiger partial charge in [0.25, 0.3) is 0 Å². The summed E-state index contributed by atoms with van der Waals surface area (Å²) in [5.41, 5.74) is 0. The van der Waals surface area contributed by atoms with Gasteiger partial charge in [-0.2, -0.15) is 0 Å². The van der Waals surface area contributed by atoms with Gasteiger partial charge in [-0.15, -0.1) is 0 Å². The third-order valence-corrected chi connectivity index (χ3v) is 2.13. The molecular formula is C9H18N2O3. The van der Waals surface area contributed by atoms with Gasteiger partial charge in [0, 0.05) is 33.3 Å². The lowest BCUT2D eigenvalue weighted by atomic mass is 10.4. The molecule has 0 aromatic carbocycles. The van der Waals surface area contributed by atoms with Crippen molar-refractivity contribution >= 4 is 5.91 Å². The summed E-state index contributed by atoms with van der Waals surface area (Å²) in [6, 6.07) is 0. The normalized spacial score (nSPS) is 18.1. The fourth-order valence-electron chi connectivity index (χ4n) is 1.36. The van der Waals surface area contributed by atoms with Crippen LogP contribution in [0, 0.1) is 0 Å². The molecule has 0 radical (unpaired) electrons. The molecule has 1 amide bonds. The van der Waals surface area contributed by atoms with Crippen molar-refractivity contribution in [2.75, 3.05) is 53.1 Å². The van der Waals surface area contributed by atoms with E-state index in [1.807, 2.05) is 0 Å². The Kier molecular flexibility index (Phi) is 5.51. The minimum atomic E-state index is -0.0549. The number of hydrogen-bond donors (Lipinski definition) is 1. The van der Waals surface area contributed by atoms with Crippen LogP contribution in [-0.4, -0.2) is 63.9 Å². The minimum Gasteiger partial charge on any atom is -0.379 e. The molecule has 1 rings (SSSR count). The minimum absolute atomic E-state index is 0.0549. The number of nitrogens with one attached hydrogen (secondary N) is 1. The largest absolute Gasteiger partial charge is 0.379 e. The highest BCUT2D eigenvalue weighted by Gasteiger charge is 2.09. The Morgan fingerprint density at radius 3 is 2.86 bits per heavy atom. The molecule has 0 bridgehead atoms. The van der Waals surface area contributed by atoms with Gasteiger partial charge in [0.05, 0.1) is 13.2 Å². The lowest BCUT2D eigenvalue weighted by Crippen LogP contribution is -2.41. The number of ether oxygens (including phenoxy) is 2. The average molecular weight is 202 g/mol. The second-order valence-corrected chi connectivity index (χ2v) is 3.24. The van der Waals surface area contributed by atoms with Gasteiger partial charge < -0.3 is 14.8 Å². The van der Waals surface area contributed by atoms with E-state index in [0.29, 0.717) is 6.54 Å². The van der Waals surface area contributed by atoms with Crippen molar-refractivity contribution in [2.24, 2.45) is 0 Å². The Labute approximate surface area is 84.4 Å². The summed E-state index contributed by atoms with van der Waals surface area (Å²) in [4.78, 5) is 13.3. The Balaban J connectivity index is 1.99. The lowest BCUT2D eigenvalue weighted by molar-refractivity contribution is -0.124. The van der Waals surface area contributed by atoms with Gasteiger partial charge in [0.2, 0.25) is 5.91 Å². The lowest BCUT2D eigenvalue weighted by Gasteiger charge is -2.26. The number of nitrogens with zero attached hydrogens (tertiary/aromatic N) is 1. The molecule has 1 aliphatic rings. The zero-order valence-electron chi connectivity index (χ0n) is 8.62. The molecule has 0 spiro atoms. The maximum atomic E-state index is 11.0. The van der Waals surface area contributed by atoms with Crippen molar-refractivity contribution in [3.05, 3.63) is 0 Å². The summed E-state index contributed by atoms with van der Waals surface area (Å²) in [7, 11) is 1.52. The Hall–Kier alpha value is -0.650. The van der Waals surface area contributed by atoms with Gasteiger partial charge >= 0.3 is 0 Å². The molecule has 0 aliphatic carbocycles. The smallest absolute Gasteiger partial charge is 0.246 e. The van der Waals surface area contributed by atoms with Gasteiger partial charge in [-0.3, -0.25) is 9.69 Å². The zero-order valence-corrected chi connectivity index (χ0v) is 8.62. The van der Waals surface area contributed by atoms with Crippen LogP contribution in [0.5, 0.6) is 0 Å². The first-order valence-corrected chi connectivity index (χ1v) is 4.88. The number of methoxy groups -OCH3 is 1. The zero-order chi connectivity index (χ0) is 10.2. The van der Waals surface area contributed by atoms with Crippen molar-refractivity contribution in [3.63, 3.8) is 0 Å². The van der Waals surface area contributed by atoms with E-state index < -0.39 is 0 Å². The molecule has 1 aliphatic heterocycles. The molecule has 14 heavy (non-hydrogen) atoms. The summed E-state index contributed by atoms with van der Waals surface area (Å²) in [6.45, 7) is 5.22. The van der Waals surface area contributed by atoms with Crippen LogP contribution in [0.1, 0.15) is 0 Å². The molecule has 5 nitrogen and oxygen atoms in total. The standard InChI is InChI=1S/C9H18N2O3/c1-13-8-9(12)10-2-3-11-4-6-14-7-5-11/h2-8H2,1H3,(H,10,12). The van der Waals surface area contributed by atoms with Crippen LogP contribution in [0.25, 0.3) is 0 Å². The van der Waals surface area contributed by atoms with Crippen LogP contribution in [0.3, 0.4) is 0 Å². The van der Waals surface area contributed by atoms with Gasteiger partial charge in [-0.25, -0.2) is 0 Å². The van der Waals surface area contributed by atoms with E-state index >= 15 is 0 Å². The van der Waals surface area contributed by atoms with Gasteiger partial charge in [0.1, 0.15) is 6.61 Å². The predicted octanol–water partition coefficient (Wildman–Crippen LogP) is -0.919. The second-order valence-electron chi connectivity index (χ2n) is 3.24. The van der Waals surface area contributed by atoms with Gasteiger partial charge in [-0.05, 0) is 0 Å². The van der Waals surface area contributed by atoms with E-state index in [1.165, 1.54) is 7.11 Å². The quantitative estimate of drug-likeness (QED) is 0.626. The molecule has 0 atom stereocenters. The van der Waals surface area contributed by atoms with Crippen molar-refractivity contribution in [2.45, 2.75) is 0 Å². The summed E-state index contributed by atoms with van der Waals surface area (Å²) in [5, 5.41) is 2.78. The molecular weight excluding hydrogens is 184 g/mol. The third kappa shape index (κ3) is 4.55. The van der Waals surface area contributed by atoms with Crippen LogP contribution < -0.4 is 5.32 Å². The van der Waals surface area contributed by atoms with Crippen molar-refractivity contribution in [3.8, 4) is 0 Å². The Morgan fingerprint density at radius 2 is 2.21 bits per heavy atom. The van der Waals surface area contributed by atoms with Crippen LogP contribution in [0.4, 0.5) is 0 Å². The number of carbonyl (C=O) groups excluding carboxylic acids is 1. The van der Waals surface area contributed by atoms with E-state index in [1.54, 1.807) is 0 Å². The molecule has 1 fully saturated rings. The highest BCUT2D eigenvalue weighted by atomic mass is 16.5. The first kappa shape index (κ1) is 11.4. The molecule has 1 N–H and O–H groups in total. The molecule has 82 valence electrons. The summed E-state index contributed by atoms with van der Waals surface area (Å²) in [5.74, 6) is -0.0549. The maximum Gasteiger partial charge on any atom is 0.246 e. The van der Waals surface area contributed by atoms with Crippen LogP contribution in [-0.2, 0) is 14.3 Å². The first-order chi connectivity index (χ1) is 6.83. The van der Waals surface area contributed by atoms with Crippen molar-refractivity contribution in [1.29, 1.82) is 0 Å². The number of carbonyl (C=O) groups is 1.